The topological polar surface area (TPSA) is 63.1 Å². The van der Waals surface area contributed by atoms with Crippen molar-refractivity contribution >= 4 is 24.3 Å². The van der Waals surface area contributed by atoms with E-state index in [0.29, 0.717) is 18.5 Å². The highest BCUT2D eigenvalue weighted by Gasteiger charge is 2.25. The van der Waals surface area contributed by atoms with E-state index in [0.717, 1.165) is 12.5 Å². The summed E-state index contributed by atoms with van der Waals surface area (Å²) in [6, 6.07) is 0.552. The zero-order valence-corrected chi connectivity index (χ0v) is 12.0. The van der Waals surface area contributed by atoms with Crippen molar-refractivity contribution in [2.75, 3.05) is 16.8 Å². The van der Waals surface area contributed by atoms with Crippen LogP contribution in [0.2, 0.25) is 0 Å². The number of halogens is 1. The van der Waals surface area contributed by atoms with Crippen LogP contribution in [0.4, 0.5) is 11.9 Å². The van der Waals surface area contributed by atoms with Crippen molar-refractivity contribution in [2.45, 2.75) is 46.3 Å². The van der Waals surface area contributed by atoms with Crippen LogP contribution in [0.1, 0.15) is 27.7 Å². The monoisotopic (exact) mass is 273 g/mol. The van der Waals surface area contributed by atoms with Crippen molar-refractivity contribution < 1.29 is 0 Å². The van der Waals surface area contributed by atoms with E-state index in [1.165, 1.54) is 0 Å². The lowest BCUT2D eigenvalue weighted by atomic mass is 10.3. The Morgan fingerprint density at radius 3 is 2.39 bits per heavy atom. The van der Waals surface area contributed by atoms with Gasteiger partial charge in [-0.15, -0.1) is 12.4 Å². The number of aromatic nitrogens is 3. The van der Waals surface area contributed by atoms with Gasteiger partial charge in [0.25, 0.3) is 0 Å². The van der Waals surface area contributed by atoms with Crippen molar-refractivity contribution in [3.63, 3.8) is 0 Å². The first kappa shape index (κ1) is 14.8. The average Bonchev–Trinajstić information content (AvgIpc) is 2.60. The number of nitrogens with one attached hydrogen (secondary N) is 1. The molecule has 0 spiro atoms. The van der Waals surface area contributed by atoms with Crippen LogP contribution in [0.25, 0.3) is 0 Å². The number of rotatable bonds is 3. The first-order chi connectivity index (χ1) is 7.99. The summed E-state index contributed by atoms with van der Waals surface area (Å²) in [5, 5.41) is 3.07. The minimum absolute atomic E-state index is 0. The first-order valence-electron chi connectivity index (χ1n) is 6.01. The molecule has 1 aliphatic heterocycles. The second-order valence-corrected chi connectivity index (χ2v) is 4.87. The number of anilines is 2. The lowest BCUT2D eigenvalue weighted by Crippen LogP contribution is -2.31. The Kier molecular flexibility index (Phi) is 4.56. The van der Waals surface area contributed by atoms with Gasteiger partial charge in [-0.2, -0.15) is 9.97 Å². The third-order valence-electron chi connectivity index (χ3n) is 2.74. The van der Waals surface area contributed by atoms with Crippen molar-refractivity contribution in [1.82, 2.24) is 14.5 Å². The van der Waals surface area contributed by atoms with Gasteiger partial charge in [0, 0.05) is 25.2 Å². The van der Waals surface area contributed by atoms with E-state index >= 15 is 0 Å². The lowest BCUT2D eigenvalue weighted by Gasteiger charge is -2.21. The molecule has 2 heterocycles. The molecule has 0 saturated heterocycles. The largest absolute Gasteiger partial charge is 0.353 e. The number of hydrogen-bond donors (Lipinski definition) is 1. The van der Waals surface area contributed by atoms with Gasteiger partial charge in [-0.1, -0.05) is 0 Å². The minimum Gasteiger partial charge on any atom is -0.352 e. The minimum atomic E-state index is -0.221. The van der Waals surface area contributed by atoms with Crippen LogP contribution in [0.15, 0.2) is 4.79 Å². The van der Waals surface area contributed by atoms with Gasteiger partial charge in [-0.3, -0.25) is 4.57 Å². The number of fused-ring (bicyclic) bond motifs is 1. The molecule has 1 aromatic heterocycles. The zero-order valence-electron chi connectivity index (χ0n) is 11.2. The van der Waals surface area contributed by atoms with Gasteiger partial charge in [-0.05, 0) is 27.7 Å². The van der Waals surface area contributed by atoms with Gasteiger partial charge in [0.2, 0.25) is 11.9 Å². The Morgan fingerprint density at radius 2 is 1.83 bits per heavy atom. The molecule has 1 aromatic rings. The van der Waals surface area contributed by atoms with Crippen LogP contribution in [0.5, 0.6) is 0 Å². The van der Waals surface area contributed by atoms with E-state index in [2.05, 4.69) is 34.0 Å². The molecule has 6 nitrogen and oxygen atoms in total. The predicted molar refractivity (Wildman–Crippen MR) is 74.8 cm³/mol. The molecule has 0 unspecified atom stereocenters. The molecule has 0 aliphatic carbocycles. The van der Waals surface area contributed by atoms with Crippen LogP contribution >= 0.6 is 12.4 Å². The Bertz CT molecular complexity index is 471. The summed E-state index contributed by atoms with van der Waals surface area (Å²) in [5.74, 6) is 1.15. The summed E-state index contributed by atoms with van der Waals surface area (Å²) in [5.41, 5.74) is -0.221. The maximum Gasteiger partial charge on any atom is 0.353 e. The summed E-state index contributed by atoms with van der Waals surface area (Å²) in [7, 11) is 0. The molecule has 0 aromatic carbocycles. The Labute approximate surface area is 113 Å². The molecule has 0 amide bonds. The van der Waals surface area contributed by atoms with Crippen molar-refractivity contribution in [3.8, 4) is 0 Å². The van der Waals surface area contributed by atoms with Gasteiger partial charge in [0.1, 0.15) is 0 Å². The summed E-state index contributed by atoms with van der Waals surface area (Å²) in [4.78, 5) is 22.3. The summed E-state index contributed by atoms with van der Waals surface area (Å²) >= 11 is 0. The van der Waals surface area contributed by atoms with Crippen LogP contribution in [-0.2, 0) is 6.54 Å². The molecule has 0 fully saturated rings. The number of nitrogens with zero attached hydrogens (tertiary/aromatic N) is 4. The molecule has 1 N–H and O–H groups in total. The molecule has 0 bridgehead atoms. The molecular formula is C11H20ClN5O. The lowest BCUT2D eigenvalue weighted by molar-refractivity contribution is 0.691. The molecule has 1 aliphatic rings. The second kappa shape index (κ2) is 5.56. The van der Waals surface area contributed by atoms with Gasteiger partial charge in [-0.25, -0.2) is 4.79 Å². The molecule has 0 radical (unpaired) electrons. The number of hydrogen-bond acceptors (Lipinski definition) is 5. The van der Waals surface area contributed by atoms with Crippen LogP contribution in [-0.4, -0.2) is 33.2 Å². The zero-order chi connectivity index (χ0) is 12.6. The fourth-order valence-electron chi connectivity index (χ4n) is 1.95. The molecule has 102 valence electrons. The van der Waals surface area contributed by atoms with Crippen LogP contribution in [0.3, 0.4) is 0 Å². The average molecular weight is 274 g/mol. The molecule has 2 rings (SSSR count). The van der Waals surface area contributed by atoms with E-state index in [-0.39, 0.29) is 24.1 Å². The van der Waals surface area contributed by atoms with Crippen molar-refractivity contribution in [2.24, 2.45) is 0 Å². The SMILES string of the molecule is CC(C)Nc1nc2n(c(=O)n1)CCN2C(C)C.Cl. The highest BCUT2D eigenvalue weighted by molar-refractivity contribution is 5.85. The third kappa shape index (κ3) is 2.75. The molecular weight excluding hydrogens is 254 g/mol. The summed E-state index contributed by atoms with van der Waals surface area (Å²) in [6.45, 7) is 9.68. The Hall–Kier alpha value is -1.30. The molecule has 18 heavy (non-hydrogen) atoms. The van der Waals surface area contributed by atoms with E-state index in [1.807, 2.05) is 13.8 Å². The maximum atomic E-state index is 11.8. The standard InChI is InChI=1S/C11H19N5O.ClH/c1-7(2)12-9-13-10-15(8(3)4)5-6-16(10)11(17)14-9;/h7-8H,5-6H2,1-4H3,(H,12,14,17);1H. The van der Waals surface area contributed by atoms with Crippen LogP contribution in [0, 0.1) is 0 Å². The van der Waals surface area contributed by atoms with E-state index < -0.39 is 0 Å². The predicted octanol–water partition coefficient (Wildman–Crippen LogP) is 1.11. The van der Waals surface area contributed by atoms with Gasteiger partial charge in [0.15, 0.2) is 0 Å². The Balaban J connectivity index is 0.00000162. The maximum absolute atomic E-state index is 11.8. The van der Waals surface area contributed by atoms with Gasteiger partial charge in [0.05, 0.1) is 0 Å². The van der Waals surface area contributed by atoms with Crippen molar-refractivity contribution in [3.05, 3.63) is 10.5 Å². The smallest absolute Gasteiger partial charge is 0.352 e. The van der Waals surface area contributed by atoms with E-state index in [4.69, 9.17) is 0 Å². The normalized spacial score (nSPS) is 13.8. The van der Waals surface area contributed by atoms with Gasteiger partial charge < -0.3 is 10.2 Å². The van der Waals surface area contributed by atoms with E-state index in [9.17, 15) is 4.79 Å². The van der Waals surface area contributed by atoms with Gasteiger partial charge >= 0.3 is 5.69 Å². The molecule has 0 atom stereocenters. The first-order valence-corrected chi connectivity index (χ1v) is 6.01. The third-order valence-corrected chi connectivity index (χ3v) is 2.74. The second-order valence-electron chi connectivity index (χ2n) is 4.87. The quantitative estimate of drug-likeness (QED) is 0.894. The van der Waals surface area contributed by atoms with E-state index in [1.54, 1.807) is 4.57 Å². The highest BCUT2D eigenvalue weighted by Crippen LogP contribution is 2.19. The summed E-state index contributed by atoms with van der Waals surface area (Å²) < 4.78 is 1.63. The van der Waals surface area contributed by atoms with Crippen molar-refractivity contribution in [1.29, 1.82) is 0 Å². The fourth-order valence-corrected chi connectivity index (χ4v) is 1.95. The Morgan fingerprint density at radius 1 is 1.17 bits per heavy atom. The molecule has 0 saturated carbocycles. The highest BCUT2D eigenvalue weighted by atomic mass is 35.5. The van der Waals surface area contributed by atoms with Crippen LogP contribution < -0.4 is 15.9 Å². The fraction of sp³-hybridized carbons (Fsp3) is 0.727. The summed E-state index contributed by atoms with van der Waals surface area (Å²) in [6.07, 6.45) is 0. The molecule has 7 heteroatoms.